The van der Waals surface area contributed by atoms with Crippen LogP contribution in [0.15, 0.2) is 53.8 Å². The van der Waals surface area contributed by atoms with E-state index in [2.05, 4.69) is 9.97 Å². The first-order valence-electron chi connectivity index (χ1n) is 8.11. The number of aromatic nitrogens is 3. The van der Waals surface area contributed by atoms with E-state index in [1.165, 1.54) is 0 Å². The Kier molecular flexibility index (Phi) is 3.65. The smallest absolute Gasteiger partial charge is 0.270 e. The van der Waals surface area contributed by atoms with Crippen molar-refractivity contribution in [1.82, 2.24) is 19.4 Å². The molecule has 6 nitrogen and oxygen atoms in total. The van der Waals surface area contributed by atoms with Gasteiger partial charge < -0.3 is 14.5 Å². The van der Waals surface area contributed by atoms with Crippen LogP contribution >= 0.6 is 0 Å². The highest BCUT2D eigenvalue weighted by molar-refractivity contribution is 5.96. The van der Waals surface area contributed by atoms with Gasteiger partial charge in [0.1, 0.15) is 5.69 Å². The van der Waals surface area contributed by atoms with Gasteiger partial charge in [0.05, 0.1) is 12.4 Å². The van der Waals surface area contributed by atoms with Gasteiger partial charge in [-0.3, -0.25) is 9.59 Å². The highest BCUT2D eigenvalue weighted by Crippen LogP contribution is 2.22. The van der Waals surface area contributed by atoms with Crippen LogP contribution in [-0.2, 0) is 0 Å². The second kappa shape index (κ2) is 5.96. The van der Waals surface area contributed by atoms with Crippen LogP contribution in [0.5, 0.6) is 0 Å². The third-order valence-electron chi connectivity index (χ3n) is 4.61. The highest BCUT2D eigenvalue weighted by atomic mass is 16.2. The molecule has 1 aliphatic rings. The fourth-order valence-electron chi connectivity index (χ4n) is 3.36. The van der Waals surface area contributed by atoms with Crippen LogP contribution in [0.3, 0.4) is 0 Å². The Hall–Kier alpha value is -2.89. The molecule has 6 heteroatoms. The SMILES string of the molecule is O=C(c1cc2ccccc2c(=O)[nH]1)N1CCC[C@@H](n2ccnc2)C1. The van der Waals surface area contributed by atoms with Crippen LogP contribution in [0, 0.1) is 0 Å². The van der Waals surface area contributed by atoms with Gasteiger partial charge in [-0.1, -0.05) is 18.2 Å². The number of H-pyrrole nitrogens is 1. The minimum absolute atomic E-state index is 0.123. The summed E-state index contributed by atoms with van der Waals surface area (Å²) in [5.41, 5.74) is 0.129. The molecule has 0 bridgehead atoms. The molecule has 0 saturated carbocycles. The molecule has 1 aliphatic heterocycles. The molecule has 3 aromatic rings. The van der Waals surface area contributed by atoms with Crippen molar-refractivity contribution >= 4 is 16.7 Å². The van der Waals surface area contributed by atoms with Crippen molar-refractivity contribution in [3.05, 3.63) is 65.1 Å². The Morgan fingerprint density at radius 2 is 2.17 bits per heavy atom. The number of aromatic amines is 1. The molecule has 1 aromatic carbocycles. The molecular weight excluding hydrogens is 304 g/mol. The highest BCUT2D eigenvalue weighted by Gasteiger charge is 2.26. The lowest BCUT2D eigenvalue weighted by Gasteiger charge is -2.33. The van der Waals surface area contributed by atoms with Crippen molar-refractivity contribution in [3.63, 3.8) is 0 Å². The fourth-order valence-corrected chi connectivity index (χ4v) is 3.36. The van der Waals surface area contributed by atoms with E-state index in [9.17, 15) is 9.59 Å². The Morgan fingerprint density at radius 3 is 3.00 bits per heavy atom. The molecule has 0 radical (unpaired) electrons. The molecule has 4 rings (SSSR count). The van der Waals surface area contributed by atoms with Crippen LogP contribution < -0.4 is 5.56 Å². The first-order chi connectivity index (χ1) is 11.7. The largest absolute Gasteiger partial charge is 0.335 e. The van der Waals surface area contributed by atoms with E-state index in [-0.39, 0.29) is 17.5 Å². The first-order valence-corrected chi connectivity index (χ1v) is 8.11. The van der Waals surface area contributed by atoms with Crippen molar-refractivity contribution in [3.8, 4) is 0 Å². The minimum atomic E-state index is -0.223. The van der Waals surface area contributed by atoms with E-state index in [0.717, 1.165) is 18.2 Å². The second-order valence-electron chi connectivity index (χ2n) is 6.16. The summed E-state index contributed by atoms with van der Waals surface area (Å²) < 4.78 is 2.04. The van der Waals surface area contributed by atoms with Gasteiger partial charge in [0.15, 0.2) is 0 Å². The first kappa shape index (κ1) is 14.7. The van der Waals surface area contributed by atoms with Crippen molar-refractivity contribution in [1.29, 1.82) is 0 Å². The number of amides is 1. The molecule has 0 spiro atoms. The molecular formula is C18H18N4O2. The molecule has 0 unspecified atom stereocenters. The van der Waals surface area contributed by atoms with Crippen molar-refractivity contribution in [2.24, 2.45) is 0 Å². The summed E-state index contributed by atoms with van der Waals surface area (Å²) in [5, 5.41) is 1.39. The van der Waals surface area contributed by atoms with Crippen molar-refractivity contribution in [2.75, 3.05) is 13.1 Å². The number of rotatable bonds is 2. The number of hydrogen-bond donors (Lipinski definition) is 1. The van der Waals surface area contributed by atoms with Crippen LogP contribution in [0.25, 0.3) is 10.8 Å². The molecule has 1 N–H and O–H groups in total. The lowest BCUT2D eigenvalue weighted by atomic mass is 10.0. The number of nitrogens with zero attached hydrogens (tertiary/aromatic N) is 3. The molecule has 1 fully saturated rings. The second-order valence-corrected chi connectivity index (χ2v) is 6.16. The Balaban J connectivity index is 1.62. The van der Waals surface area contributed by atoms with Gasteiger partial charge in [0.25, 0.3) is 11.5 Å². The molecule has 0 aliphatic carbocycles. The zero-order valence-corrected chi connectivity index (χ0v) is 13.2. The standard InChI is InChI=1S/C18H18N4O2/c23-17-15-6-2-1-4-13(15)10-16(20-17)18(24)21-8-3-5-14(11-21)22-9-7-19-12-22/h1-2,4,6-7,9-10,12,14H,3,5,8,11H2,(H,20,23)/t14-/m1/s1. The zero-order chi connectivity index (χ0) is 16.5. The summed E-state index contributed by atoms with van der Waals surface area (Å²) in [6.45, 7) is 1.34. The number of benzene rings is 1. The average molecular weight is 322 g/mol. The van der Waals surface area contributed by atoms with E-state index in [4.69, 9.17) is 0 Å². The van der Waals surface area contributed by atoms with Gasteiger partial charge in [0, 0.05) is 30.9 Å². The van der Waals surface area contributed by atoms with Crippen molar-refractivity contribution in [2.45, 2.75) is 18.9 Å². The van der Waals surface area contributed by atoms with Gasteiger partial charge in [-0.25, -0.2) is 4.98 Å². The van der Waals surface area contributed by atoms with Crippen LogP contribution in [0.2, 0.25) is 0 Å². The van der Waals surface area contributed by atoms with E-state index in [1.807, 2.05) is 33.9 Å². The number of carbonyl (C=O) groups excluding carboxylic acids is 1. The van der Waals surface area contributed by atoms with Gasteiger partial charge in [0.2, 0.25) is 0 Å². The summed E-state index contributed by atoms with van der Waals surface area (Å²) in [6, 6.07) is 9.30. The molecule has 1 saturated heterocycles. The van der Waals surface area contributed by atoms with Gasteiger partial charge in [-0.05, 0) is 30.4 Å². The molecule has 24 heavy (non-hydrogen) atoms. The van der Waals surface area contributed by atoms with E-state index in [0.29, 0.717) is 24.2 Å². The topological polar surface area (TPSA) is 71.0 Å². The van der Waals surface area contributed by atoms with Crippen LogP contribution in [0.4, 0.5) is 0 Å². The summed E-state index contributed by atoms with van der Waals surface area (Å²) in [4.78, 5) is 33.7. The lowest BCUT2D eigenvalue weighted by Crippen LogP contribution is -2.41. The number of fused-ring (bicyclic) bond motifs is 1. The van der Waals surface area contributed by atoms with Crippen LogP contribution in [0.1, 0.15) is 29.4 Å². The summed E-state index contributed by atoms with van der Waals surface area (Å²) in [5.74, 6) is -0.123. The summed E-state index contributed by atoms with van der Waals surface area (Å²) >= 11 is 0. The van der Waals surface area contributed by atoms with E-state index < -0.39 is 0 Å². The quantitative estimate of drug-likeness (QED) is 0.786. The van der Waals surface area contributed by atoms with Crippen molar-refractivity contribution < 1.29 is 4.79 Å². The number of piperidine rings is 1. The number of pyridine rings is 1. The third kappa shape index (κ3) is 2.60. The number of imidazole rings is 1. The Labute approximate surface area is 138 Å². The number of carbonyl (C=O) groups is 1. The molecule has 1 amide bonds. The minimum Gasteiger partial charge on any atom is -0.335 e. The van der Waals surface area contributed by atoms with Gasteiger partial charge in [-0.15, -0.1) is 0 Å². The Bertz CT molecular complexity index is 930. The predicted octanol–water partition coefficient (Wildman–Crippen LogP) is 2.20. The van der Waals surface area contributed by atoms with E-state index >= 15 is 0 Å². The predicted molar refractivity (Wildman–Crippen MR) is 91.0 cm³/mol. The normalized spacial score (nSPS) is 18.0. The molecule has 1 atom stereocenters. The maximum Gasteiger partial charge on any atom is 0.270 e. The fraction of sp³-hybridized carbons (Fsp3) is 0.278. The number of nitrogens with one attached hydrogen (secondary N) is 1. The van der Waals surface area contributed by atoms with Crippen LogP contribution in [-0.4, -0.2) is 38.4 Å². The van der Waals surface area contributed by atoms with Gasteiger partial charge in [-0.2, -0.15) is 0 Å². The monoisotopic (exact) mass is 322 g/mol. The summed E-state index contributed by atoms with van der Waals surface area (Å²) in [7, 11) is 0. The maximum absolute atomic E-state index is 12.8. The van der Waals surface area contributed by atoms with E-state index in [1.54, 1.807) is 24.7 Å². The molecule has 2 aromatic heterocycles. The molecule has 3 heterocycles. The average Bonchev–Trinajstić information content (AvgIpc) is 3.16. The number of hydrogen-bond acceptors (Lipinski definition) is 3. The van der Waals surface area contributed by atoms with Gasteiger partial charge >= 0.3 is 0 Å². The maximum atomic E-state index is 12.8. The number of likely N-dealkylation sites (tertiary alicyclic amines) is 1. The third-order valence-corrected chi connectivity index (χ3v) is 4.61. The lowest BCUT2D eigenvalue weighted by molar-refractivity contribution is 0.0673. The molecule has 122 valence electrons. The Morgan fingerprint density at radius 1 is 1.29 bits per heavy atom. The summed E-state index contributed by atoms with van der Waals surface area (Å²) in [6.07, 6.45) is 7.43. The zero-order valence-electron chi connectivity index (χ0n) is 13.2.